The smallest absolute Gasteiger partial charge is 0.319 e. The number of fused-ring (bicyclic) bond motifs is 1. The molecular formula is C25H30N4O4S. The standard InChI is InChI=1S/C25H30N4O4S/c1-33-20-9-6-8-18(14-20)27-25(32)28-21-16-34-23-11-3-2-10-22(23)29(24(21)31)15-19(30)13-17-7-4-5-12-26-17/h2-3,6,8-11,14,17,21,26H,4-5,7,12-13,15-16H2,1H3,(H2,27,28,32). The highest BCUT2D eigenvalue weighted by atomic mass is 32.2. The lowest BCUT2D eigenvalue weighted by molar-refractivity contribution is -0.123. The van der Waals surface area contributed by atoms with Crippen molar-refractivity contribution in [3.05, 3.63) is 48.5 Å². The van der Waals surface area contributed by atoms with Crippen molar-refractivity contribution < 1.29 is 19.1 Å². The lowest BCUT2D eigenvalue weighted by Crippen LogP contribution is -2.52. The van der Waals surface area contributed by atoms with Crippen LogP contribution in [0, 0.1) is 0 Å². The third-order valence-electron chi connectivity index (χ3n) is 5.98. The predicted molar refractivity (Wildman–Crippen MR) is 134 cm³/mol. The fourth-order valence-corrected chi connectivity index (χ4v) is 5.33. The molecule has 1 saturated heterocycles. The van der Waals surface area contributed by atoms with E-state index in [1.165, 1.54) is 16.7 Å². The Balaban J connectivity index is 1.46. The van der Waals surface area contributed by atoms with Gasteiger partial charge >= 0.3 is 6.03 Å². The van der Waals surface area contributed by atoms with Crippen LogP contribution in [0.2, 0.25) is 0 Å². The molecule has 0 saturated carbocycles. The van der Waals surface area contributed by atoms with Crippen LogP contribution < -0.4 is 25.6 Å². The number of thioether (sulfide) groups is 1. The van der Waals surface area contributed by atoms with Crippen molar-refractivity contribution in [1.82, 2.24) is 10.6 Å². The second-order valence-corrected chi connectivity index (χ2v) is 9.54. The van der Waals surface area contributed by atoms with Crippen LogP contribution in [0.3, 0.4) is 0 Å². The van der Waals surface area contributed by atoms with Gasteiger partial charge in [0.15, 0.2) is 5.78 Å². The van der Waals surface area contributed by atoms with Gasteiger partial charge in [-0.3, -0.25) is 9.59 Å². The van der Waals surface area contributed by atoms with E-state index >= 15 is 0 Å². The predicted octanol–water partition coefficient (Wildman–Crippen LogP) is 3.43. The summed E-state index contributed by atoms with van der Waals surface area (Å²) in [4.78, 5) is 41.6. The SMILES string of the molecule is COc1cccc(NC(=O)NC2CSc3ccccc3N(CC(=O)CC3CCCCN3)C2=O)c1. The number of hydrogen-bond acceptors (Lipinski definition) is 6. The van der Waals surface area contributed by atoms with E-state index in [0.29, 0.717) is 29.3 Å². The lowest BCUT2D eigenvalue weighted by atomic mass is 9.99. The Morgan fingerprint density at radius 2 is 2.03 bits per heavy atom. The minimum absolute atomic E-state index is 0.00837. The van der Waals surface area contributed by atoms with Crippen molar-refractivity contribution in [3.63, 3.8) is 0 Å². The molecule has 2 aliphatic heterocycles. The number of piperidine rings is 1. The van der Waals surface area contributed by atoms with Gasteiger partial charge in [0.05, 0.1) is 19.3 Å². The molecule has 0 bridgehead atoms. The maximum Gasteiger partial charge on any atom is 0.319 e. The fourth-order valence-electron chi connectivity index (χ4n) is 4.26. The molecule has 0 aromatic heterocycles. The minimum atomic E-state index is -0.774. The van der Waals surface area contributed by atoms with Crippen molar-refractivity contribution >= 4 is 40.9 Å². The molecule has 9 heteroatoms. The molecule has 4 rings (SSSR count). The van der Waals surface area contributed by atoms with Crippen LogP contribution in [0.25, 0.3) is 0 Å². The highest BCUT2D eigenvalue weighted by Crippen LogP contribution is 2.34. The number of para-hydroxylation sites is 1. The van der Waals surface area contributed by atoms with Gasteiger partial charge in [-0.05, 0) is 43.7 Å². The molecular weight excluding hydrogens is 452 g/mol. The van der Waals surface area contributed by atoms with Crippen LogP contribution in [0.5, 0.6) is 5.75 Å². The quantitative estimate of drug-likeness (QED) is 0.559. The number of methoxy groups -OCH3 is 1. The van der Waals surface area contributed by atoms with E-state index in [2.05, 4.69) is 16.0 Å². The molecule has 2 atom stereocenters. The van der Waals surface area contributed by atoms with Gasteiger partial charge in [0.2, 0.25) is 0 Å². The van der Waals surface area contributed by atoms with Crippen LogP contribution in [-0.4, -0.2) is 55.8 Å². The molecule has 2 unspecified atom stereocenters. The largest absolute Gasteiger partial charge is 0.497 e. The highest BCUT2D eigenvalue weighted by molar-refractivity contribution is 7.99. The molecule has 2 aromatic carbocycles. The summed E-state index contributed by atoms with van der Waals surface area (Å²) in [7, 11) is 1.55. The van der Waals surface area contributed by atoms with Gasteiger partial charge in [-0.15, -0.1) is 11.8 Å². The first-order chi connectivity index (χ1) is 16.5. The van der Waals surface area contributed by atoms with Gasteiger partial charge in [-0.25, -0.2) is 4.79 Å². The number of ether oxygens (including phenoxy) is 1. The van der Waals surface area contributed by atoms with E-state index in [1.807, 2.05) is 24.3 Å². The molecule has 2 heterocycles. The Hall–Kier alpha value is -3.04. The summed E-state index contributed by atoms with van der Waals surface area (Å²) in [5.74, 6) is 0.708. The molecule has 0 radical (unpaired) electrons. The maximum absolute atomic E-state index is 13.5. The molecule has 2 aromatic rings. The molecule has 2 aliphatic rings. The van der Waals surface area contributed by atoms with Crippen LogP contribution in [-0.2, 0) is 9.59 Å². The second-order valence-electron chi connectivity index (χ2n) is 8.48. The molecule has 3 amide bonds. The number of Topliss-reactive ketones (excluding diaryl/α,β-unsaturated/α-hetero) is 1. The zero-order valence-corrected chi connectivity index (χ0v) is 20.0. The molecule has 0 spiro atoms. The van der Waals surface area contributed by atoms with Crippen LogP contribution in [0.15, 0.2) is 53.4 Å². The summed E-state index contributed by atoms with van der Waals surface area (Å²) in [6, 6.07) is 13.4. The summed E-state index contributed by atoms with van der Waals surface area (Å²) in [5.41, 5.74) is 1.26. The summed E-state index contributed by atoms with van der Waals surface area (Å²) < 4.78 is 5.19. The van der Waals surface area contributed by atoms with Gasteiger partial charge in [-0.1, -0.05) is 24.6 Å². The maximum atomic E-state index is 13.5. The Morgan fingerprint density at radius 3 is 2.82 bits per heavy atom. The number of amides is 3. The lowest BCUT2D eigenvalue weighted by Gasteiger charge is -2.27. The number of rotatable bonds is 7. The molecule has 3 N–H and O–H groups in total. The molecule has 1 fully saturated rings. The summed E-state index contributed by atoms with van der Waals surface area (Å²) >= 11 is 1.49. The first-order valence-electron chi connectivity index (χ1n) is 11.5. The third kappa shape index (κ3) is 6.09. The fraction of sp³-hybridized carbons (Fsp3) is 0.400. The molecule has 180 valence electrons. The number of hydrogen-bond donors (Lipinski definition) is 3. The topological polar surface area (TPSA) is 99.8 Å². The Bertz CT molecular complexity index is 1040. The number of carbonyl (C=O) groups is 3. The van der Waals surface area contributed by atoms with Gasteiger partial charge in [0, 0.05) is 34.9 Å². The Kier molecular flexibility index (Phi) is 8.08. The third-order valence-corrected chi connectivity index (χ3v) is 7.14. The number of benzene rings is 2. The zero-order chi connectivity index (χ0) is 23.9. The summed E-state index contributed by atoms with van der Waals surface area (Å²) in [5, 5.41) is 8.93. The van der Waals surface area contributed by atoms with Crippen LogP contribution in [0.1, 0.15) is 25.7 Å². The van der Waals surface area contributed by atoms with Crippen molar-refractivity contribution in [2.45, 2.75) is 42.7 Å². The Labute approximate surface area is 203 Å². The molecule has 8 nitrogen and oxygen atoms in total. The number of carbonyl (C=O) groups excluding carboxylic acids is 3. The number of ketones is 1. The van der Waals surface area contributed by atoms with E-state index in [4.69, 9.17) is 4.74 Å². The molecule has 0 aliphatic carbocycles. The van der Waals surface area contributed by atoms with Crippen LogP contribution in [0.4, 0.5) is 16.2 Å². The van der Waals surface area contributed by atoms with Crippen molar-refractivity contribution in [2.24, 2.45) is 0 Å². The number of urea groups is 1. The van der Waals surface area contributed by atoms with Crippen molar-refractivity contribution in [3.8, 4) is 5.75 Å². The summed E-state index contributed by atoms with van der Waals surface area (Å²) in [6.07, 6.45) is 3.61. The average molecular weight is 483 g/mol. The molecule has 34 heavy (non-hydrogen) atoms. The van der Waals surface area contributed by atoms with E-state index in [1.54, 1.807) is 31.4 Å². The monoisotopic (exact) mass is 482 g/mol. The van der Waals surface area contributed by atoms with E-state index in [9.17, 15) is 14.4 Å². The normalized spacial score (nSPS) is 20.1. The first kappa shape index (κ1) is 24.1. The van der Waals surface area contributed by atoms with Gasteiger partial charge in [0.1, 0.15) is 11.8 Å². The second kappa shape index (κ2) is 11.4. The summed E-state index contributed by atoms with van der Waals surface area (Å²) in [6.45, 7) is 0.915. The van der Waals surface area contributed by atoms with Gasteiger partial charge in [-0.2, -0.15) is 0 Å². The van der Waals surface area contributed by atoms with E-state index < -0.39 is 12.1 Å². The van der Waals surface area contributed by atoms with Crippen molar-refractivity contribution in [1.29, 1.82) is 0 Å². The number of anilines is 2. The van der Waals surface area contributed by atoms with Gasteiger partial charge in [0.25, 0.3) is 5.91 Å². The number of nitrogens with one attached hydrogen (secondary N) is 3. The first-order valence-corrected chi connectivity index (χ1v) is 12.5. The van der Waals surface area contributed by atoms with E-state index in [0.717, 1.165) is 30.7 Å². The zero-order valence-electron chi connectivity index (χ0n) is 19.2. The van der Waals surface area contributed by atoms with Crippen LogP contribution >= 0.6 is 11.8 Å². The van der Waals surface area contributed by atoms with E-state index in [-0.39, 0.29) is 24.3 Å². The highest BCUT2D eigenvalue weighted by Gasteiger charge is 2.33. The average Bonchev–Trinajstić information content (AvgIpc) is 2.97. The van der Waals surface area contributed by atoms with Gasteiger partial charge < -0.3 is 25.6 Å². The minimum Gasteiger partial charge on any atom is -0.497 e. The Morgan fingerprint density at radius 1 is 1.18 bits per heavy atom. The van der Waals surface area contributed by atoms with Crippen molar-refractivity contribution in [2.75, 3.05) is 36.2 Å². The number of nitrogens with zero attached hydrogens (tertiary/aromatic N) is 1.